The number of aldehydes is 1. The Balaban J connectivity index is 1.86. The summed E-state index contributed by atoms with van der Waals surface area (Å²) in [4.78, 5) is 30.0. The standard InChI is InChI=1S/C15H11N3O2S/c19-8-10-4-6-11(7-5-10)18-21-13-3-1-2-12-14(13)16-9-17-15(12)20/h1-9,18H,(H,16,17,20). The van der Waals surface area contributed by atoms with Crippen molar-refractivity contribution in [2.24, 2.45) is 0 Å². The van der Waals surface area contributed by atoms with Crippen LogP contribution in [0.4, 0.5) is 5.69 Å². The molecule has 1 heterocycles. The number of hydrogen-bond donors (Lipinski definition) is 2. The fraction of sp³-hybridized carbons (Fsp3) is 0. The molecule has 0 spiro atoms. The number of benzene rings is 2. The summed E-state index contributed by atoms with van der Waals surface area (Å²) in [6.07, 6.45) is 2.20. The molecule has 0 unspecified atom stereocenters. The first kappa shape index (κ1) is 13.4. The van der Waals surface area contributed by atoms with Gasteiger partial charge in [0.25, 0.3) is 5.56 Å². The van der Waals surface area contributed by atoms with Crippen LogP contribution in [0.1, 0.15) is 10.4 Å². The van der Waals surface area contributed by atoms with E-state index in [1.807, 2.05) is 24.3 Å². The molecule has 0 atom stereocenters. The van der Waals surface area contributed by atoms with E-state index in [9.17, 15) is 9.59 Å². The average molecular weight is 297 g/mol. The van der Waals surface area contributed by atoms with Gasteiger partial charge in [-0.1, -0.05) is 6.07 Å². The van der Waals surface area contributed by atoms with E-state index in [2.05, 4.69) is 14.7 Å². The second-order valence-corrected chi connectivity index (χ2v) is 5.18. The van der Waals surface area contributed by atoms with Gasteiger partial charge in [-0.3, -0.25) is 9.59 Å². The highest BCUT2D eigenvalue weighted by molar-refractivity contribution is 8.00. The van der Waals surface area contributed by atoms with Crippen molar-refractivity contribution in [3.63, 3.8) is 0 Å². The third-order valence-corrected chi connectivity index (χ3v) is 3.85. The predicted octanol–water partition coefficient (Wildman–Crippen LogP) is 2.85. The largest absolute Gasteiger partial charge is 0.326 e. The van der Waals surface area contributed by atoms with Crippen LogP contribution in [0.2, 0.25) is 0 Å². The Morgan fingerprint density at radius 2 is 1.95 bits per heavy atom. The number of aromatic amines is 1. The number of carbonyl (C=O) groups excluding carboxylic acids is 1. The summed E-state index contributed by atoms with van der Waals surface area (Å²) in [6.45, 7) is 0. The molecule has 0 aliphatic heterocycles. The summed E-state index contributed by atoms with van der Waals surface area (Å²) in [5, 5.41) is 0.556. The molecule has 0 radical (unpaired) electrons. The van der Waals surface area contributed by atoms with Gasteiger partial charge in [0.15, 0.2) is 0 Å². The SMILES string of the molecule is O=Cc1ccc(NSc2cccc3c(=O)[nH]cnc23)cc1. The molecule has 2 N–H and O–H groups in total. The molecular weight excluding hydrogens is 286 g/mol. The van der Waals surface area contributed by atoms with Crippen LogP contribution in [0, 0.1) is 0 Å². The minimum atomic E-state index is -0.155. The van der Waals surface area contributed by atoms with Gasteiger partial charge in [0.1, 0.15) is 6.29 Å². The van der Waals surface area contributed by atoms with Crippen LogP contribution in [0.5, 0.6) is 0 Å². The van der Waals surface area contributed by atoms with Crippen LogP contribution >= 0.6 is 11.9 Å². The maximum atomic E-state index is 11.7. The lowest BCUT2D eigenvalue weighted by atomic mass is 10.2. The first-order valence-corrected chi connectivity index (χ1v) is 7.04. The smallest absolute Gasteiger partial charge is 0.258 e. The third kappa shape index (κ3) is 2.80. The van der Waals surface area contributed by atoms with Gasteiger partial charge >= 0.3 is 0 Å². The summed E-state index contributed by atoms with van der Waals surface area (Å²) in [5.74, 6) is 0. The topological polar surface area (TPSA) is 74.8 Å². The van der Waals surface area contributed by atoms with Crippen molar-refractivity contribution < 1.29 is 4.79 Å². The molecule has 0 bridgehead atoms. The number of hydrogen-bond acceptors (Lipinski definition) is 5. The summed E-state index contributed by atoms with van der Waals surface area (Å²) in [7, 11) is 0. The van der Waals surface area contributed by atoms with Crippen molar-refractivity contribution >= 4 is 34.8 Å². The van der Waals surface area contributed by atoms with Gasteiger partial charge < -0.3 is 9.71 Å². The van der Waals surface area contributed by atoms with Crippen molar-refractivity contribution in [1.82, 2.24) is 9.97 Å². The molecular formula is C15H11N3O2S. The van der Waals surface area contributed by atoms with Crippen LogP contribution in [0.25, 0.3) is 10.9 Å². The van der Waals surface area contributed by atoms with E-state index in [0.717, 1.165) is 16.9 Å². The van der Waals surface area contributed by atoms with Crippen LogP contribution in [0.3, 0.4) is 0 Å². The van der Waals surface area contributed by atoms with E-state index in [-0.39, 0.29) is 5.56 Å². The molecule has 0 saturated carbocycles. The lowest BCUT2D eigenvalue weighted by Crippen LogP contribution is -2.06. The second kappa shape index (κ2) is 5.80. The first-order valence-electron chi connectivity index (χ1n) is 6.22. The highest BCUT2D eigenvalue weighted by Gasteiger charge is 2.05. The van der Waals surface area contributed by atoms with Crippen molar-refractivity contribution in [3.05, 3.63) is 64.7 Å². The van der Waals surface area contributed by atoms with E-state index < -0.39 is 0 Å². The predicted molar refractivity (Wildman–Crippen MR) is 83.7 cm³/mol. The molecule has 3 rings (SSSR count). The molecule has 0 saturated heterocycles. The molecule has 0 amide bonds. The van der Waals surface area contributed by atoms with Gasteiger partial charge in [0, 0.05) is 11.3 Å². The number of carbonyl (C=O) groups is 1. The monoisotopic (exact) mass is 297 g/mol. The molecule has 6 heteroatoms. The van der Waals surface area contributed by atoms with Gasteiger partial charge in [-0.2, -0.15) is 0 Å². The Bertz CT molecular complexity index is 843. The zero-order valence-electron chi connectivity index (χ0n) is 10.9. The number of fused-ring (bicyclic) bond motifs is 1. The summed E-state index contributed by atoms with van der Waals surface area (Å²) in [5.41, 5.74) is 2.00. The van der Waals surface area contributed by atoms with Gasteiger partial charge in [-0.25, -0.2) is 4.98 Å². The van der Waals surface area contributed by atoms with Crippen LogP contribution < -0.4 is 10.3 Å². The molecule has 104 valence electrons. The maximum Gasteiger partial charge on any atom is 0.258 e. The molecule has 0 aliphatic rings. The minimum Gasteiger partial charge on any atom is -0.326 e. The second-order valence-electron chi connectivity index (χ2n) is 4.33. The Morgan fingerprint density at radius 3 is 2.71 bits per heavy atom. The molecule has 2 aromatic carbocycles. The molecule has 3 aromatic rings. The van der Waals surface area contributed by atoms with E-state index in [1.165, 1.54) is 18.3 Å². The molecule has 0 fully saturated rings. The maximum absolute atomic E-state index is 11.7. The van der Waals surface area contributed by atoms with Gasteiger partial charge in [-0.15, -0.1) is 0 Å². The normalized spacial score (nSPS) is 10.5. The highest BCUT2D eigenvalue weighted by atomic mass is 32.2. The fourth-order valence-electron chi connectivity index (χ4n) is 1.90. The summed E-state index contributed by atoms with van der Waals surface area (Å²) in [6, 6.07) is 12.6. The van der Waals surface area contributed by atoms with E-state index in [0.29, 0.717) is 16.5 Å². The van der Waals surface area contributed by atoms with Gasteiger partial charge in [0.2, 0.25) is 0 Å². The lowest BCUT2D eigenvalue weighted by Gasteiger charge is -2.07. The van der Waals surface area contributed by atoms with E-state index in [4.69, 9.17) is 0 Å². The zero-order chi connectivity index (χ0) is 14.7. The number of nitrogens with one attached hydrogen (secondary N) is 2. The molecule has 0 aliphatic carbocycles. The summed E-state index contributed by atoms with van der Waals surface area (Å²) >= 11 is 1.37. The Kier molecular flexibility index (Phi) is 3.70. The van der Waals surface area contributed by atoms with Gasteiger partial charge in [0.05, 0.1) is 22.1 Å². The number of para-hydroxylation sites is 1. The van der Waals surface area contributed by atoms with Gasteiger partial charge in [-0.05, 0) is 48.3 Å². The Morgan fingerprint density at radius 1 is 1.14 bits per heavy atom. The molecule has 21 heavy (non-hydrogen) atoms. The lowest BCUT2D eigenvalue weighted by molar-refractivity contribution is 0.112. The number of H-pyrrole nitrogens is 1. The molecule has 1 aromatic heterocycles. The van der Waals surface area contributed by atoms with E-state index in [1.54, 1.807) is 18.2 Å². The number of nitrogens with zero attached hydrogens (tertiary/aromatic N) is 1. The zero-order valence-corrected chi connectivity index (χ0v) is 11.7. The fourth-order valence-corrected chi connectivity index (χ4v) is 2.67. The number of aromatic nitrogens is 2. The van der Waals surface area contributed by atoms with E-state index >= 15 is 0 Å². The van der Waals surface area contributed by atoms with Crippen LogP contribution in [0.15, 0.2) is 58.5 Å². The first-order chi connectivity index (χ1) is 10.3. The average Bonchev–Trinajstić information content (AvgIpc) is 2.54. The van der Waals surface area contributed by atoms with Crippen molar-refractivity contribution in [2.75, 3.05) is 4.72 Å². The number of anilines is 1. The highest BCUT2D eigenvalue weighted by Crippen LogP contribution is 2.26. The van der Waals surface area contributed by atoms with Crippen molar-refractivity contribution in [1.29, 1.82) is 0 Å². The van der Waals surface area contributed by atoms with Crippen LogP contribution in [-0.2, 0) is 0 Å². The van der Waals surface area contributed by atoms with Crippen LogP contribution in [-0.4, -0.2) is 16.3 Å². The van der Waals surface area contributed by atoms with Crippen molar-refractivity contribution in [2.45, 2.75) is 4.90 Å². The third-order valence-electron chi connectivity index (χ3n) is 2.96. The summed E-state index contributed by atoms with van der Waals surface area (Å²) < 4.78 is 3.17. The Hall–Kier alpha value is -2.60. The van der Waals surface area contributed by atoms with Crippen molar-refractivity contribution in [3.8, 4) is 0 Å². The number of rotatable bonds is 4. The molecule has 5 nitrogen and oxygen atoms in total. The quantitative estimate of drug-likeness (QED) is 0.572. The minimum absolute atomic E-state index is 0.155. The Labute approximate surface area is 124 Å².